The second-order valence-corrected chi connectivity index (χ2v) is 5.33. The monoisotopic (exact) mass is 309 g/mol. The first-order valence-corrected chi connectivity index (χ1v) is 6.71. The number of halogens is 2. The van der Waals surface area contributed by atoms with E-state index in [1.807, 2.05) is 30.1 Å². The molecule has 104 valence electrons. The summed E-state index contributed by atoms with van der Waals surface area (Å²) < 4.78 is 0. The molecule has 20 heavy (non-hydrogen) atoms. The van der Waals surface area contributed by atoms with Crippen molar-refractivity contribution in [3.05, 3.63) is 63.6 Å². The third kappa shape index (κ3) is 3.44. The van der Waals surface area contributed by atoms with E-state index in [1.54, 1.807) is 18.2 Å². The van der Waals surface area contributed by atoms with Crippen LogP contribution < -0.4 is 4.90 Å². The number of aromatic carboxylic acids is 1. The number of rotatable bonds is 4. The van der Waals surface area contributed by atoms with Crippen LogP contribution in [0.15, 0.2) is 42.5 Å². The minimum atomic E-state index is -1.000. The van der Waals surface area contributed by atoms with Gasteiger partial charge in [0.05, 0.1) is 11.3 Å². The molecule has 2 rings (SSSR count). The molecule has 3 nitrogen and oxygen atoms in total. The summed E-state index contributed by atoms with van der Waals surface area (Å²) in [6, 6.07) is 12.3. The normalized spacial score (nSPS) is 10.3. The SMILES string of the molecule is CN(Cc1cccc(Cl)c1)c1ccc(Cl)cc1C(=O)O. The molecule has 0 bridgehead atoms. The van der Waals surface area contributed by atoms with E-state index in [9.17, 15) is 9.90 Å². The van der Waals surface area contributed by atoms with Crippen LogP contribution in [-0.4, -0.2) is 18.1 Å². The van der Waals surface area contributed by atoms with Gasteiger partial charge in [0, 0.05) is 23.6 Å². The van der Waals surface area contributed by atoms with Crippen LogP contribution in [0.2, 0.25) is 10.0 Å². The molecule has 0 radical (unpaired) electrons. The second kappa shape index (κ2) is 6.16. The van der Waals surface area contributed by atoms with E-state index in [0.717, 1.165) is 5.56 Å². The number of carbonyl (C=O) groups is 1. The van der Waals surface area contributed by atoms with Crippen molar-refractivity contribution in [2.75, 3.05) is 11.9 Å². The molecule has 1 N–H and O–H groups in total. The molecule has 2 aromatic rings. The van der Waals surface area contributed by atoms with E-state index >= 15 is 0 Å². The maximum atomic E-state index is 11.3. The Morgan fingerprint density at radius 2 is 1.85 bits per heavy atom. The van der Waals surface area contributed by atoms with Crippen molar-refractivity contribution in [3.8, 4) is 0 Å². The summed E-state index contributed by atoms with van der Waals surface area (Å²) in [7, 11) is 1.83. The van der Waals surface area contributed by atoms with Crippen molar-refractivity contribution in [3.63, 3.8) is 0 Å². The van der Waals surface area contributed by atoms with Gasteiger partial charge in [-0.1, -0.05) is 35.3 Å². The lowest BCUT2D eigenvalue weighted by molar-refractivity contribution is 0.0697. The summed E-state index contributed by atoms with van der Waals surface area (Å²) >= 11 is 11.8. The lowest BCUT2D eigenvalue weighted by Gasteiger charge is -2.21. The first-order chi connectivity index (χ1) is 9.47. The molecule has 0 atom stereocenters. The Morgan fingerprint density at radius 3 is 2.50 bits per heavy atom. The van der Waals surface area contributed by atoms with Crippen LogP contribution in [0.4, 0.5) is 5.69 Å². The van der Waals surface area contributed by atoms with E-state index in [-0.39, 0.29) is 5.56 Å². The highest BCUT2D eigenvalue weighted by atomic mass is 35.5. The topological polar surface area (TPSA) is 40.5 Å². The number of hydrogen-bond donors (Lipinski definition) is 1. The standard InChI is InChI=1S/C15H13Cl2NO2/c1-18(9-10-3-2-4-11(16)7-10)14-6-5-12(17)8-13(14)15(19)20/h2-8H,9H2,1H3,(H,19,20). The molecule has 0 unspecified atom stereocenters. The fourth-order valence-corrected chi connectivity index (χ4v) is 2.39. The van der Waals surface area contributed by atoms with Gasteiger partial charge in [0.25, 0.3) is 0 Å². The molecule has 0 aromatic heterocycles. The van der Waals surface area contributed by atoms with Crippen LogP contribution in [0.1, 0.15) is 15.9 Å². The Labute approximate surface area is 127 Å². The highest BCUT2D eigenvalue weighted by molar-refractivity contribution is 6.31. The van der Waals surface area contributed by atoms with Crippen LogP contribution in [0.5, 0.6) is 0 Å². The Balaban J connectivity index is 2.29. The van der Waals surface area contributed by atoms with E-state index in [1.165, 1.54) is 6.07 Å². The summed E-state index contributed by atoms with van der Waals surface area (Å²) in [5, 5.41) is 10.3. The smallest absolute Gasteiger partial charge is 0.337 e. The number of anilines is 1. The minimum absolute atomic E-state index is 0.182. The molecule has 0 aliphatic heterocycles. The Kier molecular flexibility index (Phi) is 4.53. The summed E-state index contributed by atoms with van der Waals surface area (Å²) in [5.41, 5.74) is 1.80. The van der Waals surface area contributed by atoms with Crippen molar-refractivity contribution < 1.29 is 9.90 Å². The molecular weight excluding hydrogens is 297 g/mol. The highest BCUT2D eigenvalue weighted by Gasteiger charge is 2.14. The van der Waals surface area contributed by atoms with Crippen molar-refractivity contribution in [1.82, 2.24) is 0 Å². The van der Waals surface area contributed by atoms with Crippen LogP contribution in [0, 0.1) is 0 Å². The minimum Gasteiger partial charge on any atom is -0.478 e. The number of nitrogens with zero attached hydrogens (tertiary/aromatic N) is 1. The summed E-state index contributed by atoms with van der Waals surface area (Å²) in [6.45, 7) is 0.558. The lowest BCUT2D eigenvalue weighted by atomic mass is 10.1. The highest BCUT2D eigenvalue weighted by Crippen LogP contribution is 2.25. The van der Waals surface area contributed by atoms with Gasteiger partial charge >= 0.3 is 5.97 Å². The lowest BCUT2D eigenvalue weighted by Crippen LogP contribution is -2.19. The molecule has 0 aliphatic rings. The van der Waals surface area contributed by atoms with Crippen LogP contribution in [0.3, 0.4) is 0 Å². The average Bonchev–Trinajstić information content (AvgIpc) is 2.38. The number of carboxylic acid groups (broad SMARTS) is 1. The van der Waals surface area contributed by atoms with Crippen molar-refractivity contribution in [2.24, 2.45) is 0 Å². The second-order valence-electron chi connectivity index (χ2n) is 4.45. The van der Waals surface area contributed by atoms with E-state index in [2.05, 4.69) is 0 Å². The zero-order valence-corrected chi connectivity index (χ0v) is 12.3. The molecule has 5 heteroatoms. The number of hydrogen-bond acceptors (Lipinski definition) is 2. The van der Waals surface area contributed by atoms with Gasteiger partial charge in [0.15, 0.2) is 0 Å². The predicted octanol–water partition coefficient (Wildman–Crippen LogP) is 4.33. The van der Waals surface area contributed by atoms with Gasteiger partial charge in [-0.15, -0.1) is 0 Å². The fourth-order valence-electron chi connectivity index (χ4n) is 2.01. The number of carboxylic acids is 1. The van der Waals surface area contributed by atoms with Crippen molar-refractivity contribution in [2.45, 2.75) is 6.54 Å². The molecule has 0 saturated carbocycles. The fraction of sp³-hybridized carbons (Fsp3) is 0.133. The van der Waals surface area contributed by atoms with Crippen molar-refractivity contribution in [1.29, 1.82) is 0 Å². The summed E-state index contributed by atoms with van der Waals surface area (Å²) in [6.07, 6.45) is 0. The van der Waals surface area contributed by atoms with E-state index < -0.39 is 5.97 Å². The van der Waals surface area contributed by atoms with Crippen LogP contribution >= 0.6 is 23.2 Å². The molecule has 0 spiro atoms. The molecular formula is C15H13Cl2NO2. The maximum absolute atomic E-state index is 11.3. The van der Waals surface area contributed by atoms with Gasteiger partial charge in [0.1, 0.15) is 0 Å². The van der Waals surface area contributed by atoms with Gasteiger partial charge < -0.3 is 10.0 Å². The van der Waals surface area contributed by atoms with E-state index in [4.69, 9.17) is 23.2 Å². The quantitative estimate of drug-likeness (QED) is 0.914. The van der Waals surface area contributed by atoms with Gasteiger partial charge in [-0.2, -0.15) is 0 Å². The van der Waals surface area contributed by atoms with Crippen LogP contribution in [0.25, 0.3) is 0 Å². The van der Waals surface area contributed by atoms with Crippen LogP contribution in [-0.2, 0) is 6.54 Å². The third-order valence-electron chi connectivity index (χ3n) is 2.91. The van der Waals surface area contributed by atoms with Gasteiger partial charge in [-0.25, -0.2) is 4.79 Å². The first kappa shape index (κ1) is 14.7. The summed E-state index contributed by atoms with van der Waals surface area (Å²) in [5.74, 6) is -1.000. The Bertz CT molecular complexity index is 644. The molecule has 0 amide bonds. The first-order valence-electron chi connectivity index (χ1n) is 5.96. The third-order valence-corrected chi connectivity index (χ3v) is 3.38. The maximum Gasteiger partial charge on any atom is 0.337 e. The number of benzene rings is 2. The largest absolute Gasteiger partial charge is 0.478 e. The molecule has 0 saturated heterocycles. The van der Waals surface area contributed by atoms with Gasteiger partial charge in [-0.3, -0.25) is 0 Å². The predicted molar refractivity (Wildman–Crippen MR) is 82.0 cm³/mol. The zero-order valence-electron chi connectivity index (χ0n) is 10.8. The molecule has 0 aliphatic carbocycles. The molecule has 2 aromatic carbocycles. The Morgan fingerprint density at radius 1 is 1.15 bits per heavy atom. The van der Waals surface area contributed by atoms with Gasteiger partial charge in [-0.05, 0) is 35.9 Å². The van der Waals surface area contributed by atoms with Crippen molar-refractivity contribution >= 4 is 34.9 Å². The Hall–Kier alpha value is -1.71. The zero-order chi connectivity index (χ0) is 14.7. The molecule has 0 heterocycles. The molecule has 0 fully saturated rings. The average molecular weight is 310 g/mol. The van der Waals surface area contributed by atoms with E-state index in [0.29, 0.717) is 22.3 Å². The van der Waals surface area contributed by atoms with Gasteiger partial charge in [0.2, 0.25) is 0 Å². The summed E-state index contributed by atoms with van der Waals surface area (Å²) in [4.78, 5) is 13.1.